The Morgan fingerprint density at radius 1 is 1.44 bits per heavy atom. The van der Waals surface area contributed by atoms with Crippen LogP contribution in [0.15, 0.2) is 10.7 Å². The van der Waals surface area contributed by atoms with Crippen LogP contribution in [0.4, 0.5) is 6.01 Å². The Morgan fingerprint density at radius 3 is 3.00 bits per heavy atom. The molecule has 2 rings (SSSR count). The first kappa shape index (κ1) is 13.4. The molecule has 1 aliphatic heterocycles. The fraction of sp³-hybridized carbons (Fsp3) is 0.786. The van der Waals surface area contributed by atoms with Crippen molar-refractivity contribution in [1.82, 2.24) is 10.3 Å². The minimum atomic E-state index is 0.770. The lowest BCUT2D eigenvalue weighted by Gasteiger charge is -2.19. The van der Waals surface area contributed by atoms with Gasteiger partial charge in [-0.3, -0.25) is 0 Å². The molecule has 1 aliphatic rings. The Bertz CT molecular complexity index is 362. The highest BCUT2D eigenvalue weighted by Crippen LogP contribution is 2.26. The fourth-order valence-corrected chi connectivity index (χ4v) is 2.68. The van der Waals surface area contributed by atoms with E-state index in [4.69, 9.17) is 4.42 Å². The van der Waals surface area contributed by atoms with Crippen LogP contribution in [0.25, 0.3) is 0 Å². The largest absolute Gasteiger partial charge is 0.432 e. The maximum absolute atomic E-state index is 5.58. The summed E-state index contributed by atoms with van der Waals surface area (Å²) in [6.45, 7) is 7.57. The van der Waals surface area contributed by atoms with E-state index in [0.29, 0.717) is 0 Å². The number of anilines is 1. The number of rotatable bonds is 4. The number of hydrogen-bond acceptors (Lipinski definition) is 4. The molecule has 0 amide bonds. The van der Waals surface area contributed by atoms with Gasteiger partial charge < -0.3 is 14.6 Å². The molecule has 1 atom stereocenters. The van der Waals surface area contributed by atoms with E-state index in [9.17, 15) is 0 Å². The Morgan fingerprint density at radius 2 is 2.28 bits per heavy atom. The van der Waals surface area contributed by atoms with E-state index in [1.807, 2.05) is 7.05 Å². The third-order valence-corrected chi connectivity index (χ3v) is 3.88. The maximum Gasteiger partial charge on any atom is 0.297 e. The third kappa shape index (κ3) is 3.25. The van der Waals surface area contributed by atoms with Crippen LogP contribution in [0.2, 0.25) is 0 Å². The molecule has 0 saturated carbocycles. The molecular weight excluding hydrogens is 226 g/mol. The topological polar surface area (TPSA) is 41.3 Å². The molecule has 1 fully saturated rings. The van der Waals surface area contributed by atoms with Gasteiger partial charge in [-0.15, -0.1) is 0 Å². The van der Waals surface area contributed by atoms with Gasteiger partial charge in [0.15, 0.2) is 0 Å². The van der Waals surface area contributed by atoms with Crippen molar-refractivity contribution in [3.63, 3.8) is 0 Å². The van der Waals surface area contributed by atoms with Crippen LogP contribution in [-0.4, -0.2) is 25.1 Å². The molecular formula is C14H25N3O. The lowest BCUT2D eigenvalue weighted by molar-refractivity contribution is 0.351. The summed E-state index contributed by atoms with van der Waals surface area (Å²) in [6.07, 6.45) is 5.59. The molecule has 0 aromatic carbocycles. The van der Waals surface area contributed by atoms with E-state index >= 15 is 0 Å². The second-order valence-electron chi connectivity index (χ2n) is 5.57. The van der Waals surface area contributed by atoms with Crippen LogP contribution in [0, 0.1) is 11.8 Å². The fourth-order valence-electron chi connectivity index (χ4n) is 2.68. The Labute approximate surface area is 110 Å². The smallest absolute Gasteiger partial charge is 0.297 e. The molecule has 1 aromatic heterocycles. The highest BCUT2D eigenvalue weighted by Gasteiger charge is 2.21. The predicted octanol–water partition coefficient (Wildman–Crippen LogP) is 2.66. The Kier molecular flexibility index (Phi) is 4.64. The molecule has 0 aliphatic carbocycles. The standard InChI is InChI=1S/C14H25N3O/c1-11(2)12-5-4-7-17(8-6-12)14-16-13(9-15-3)10-18-14/h10-12,15H,4-9H2,1-3H3. The molecule has 4 heteroatoms. The summed E-state index contributed by atoms with van der Waals surface area (Å²) in [5.74, 6) is 1.64. The van der Waals surface area contributed by atoms with Crippen LogP contribution >= 0.6 is 0 Å². The second-order valence-corrected chi connectivity index (χ2v) is 5.57. The molecule has 0 spiro atoms. The SMILES string of the molecule is CNCc1coc(N2CCCC(C(C)C)CC2)n1. The molecule has 0 radical (unpaired) electrons. The van der Waals surface area contributed by atoms with Crippen LogP contribution in [0.3, 0.4) is 0 Å². The molecule has 102 valence electrons. The lowest BCUT2D eigenvalue weighted by atomic mass is 9.89. The van der Waals surface area contributed by atoms with Gasteiger partial charge in [0.05, 0.1) is 5.69 Å². The lowest BCUT2D eigenvalue weighted by Crippen LogP contribution is -2.25. The van der Waals surface area contributed by atoms with E-state index < -0.39 is 0 Å². The molecule has 1 N–H and O–H groups in total. The predicted molar refractivity (Wildman–Crippen MR) is 73.7 cm³/mol. The first-order chi connectivity index (χ1) is 8.70. The van der Waals surface area contributed by atoms with E-state index in [1.165, 1.54) is 19.3 Å². The molecule has 18 heavy (non-hydrogen) atoms. The summed E-state index contributed by atoms with van der Waals surface area (Å²) in [5.41, 5.74) is 0.983. The van der Waals surface area contributed by atoms with Crippen molar-refractivity contribution in [1.29, 1.82) is 0 Å². The zero-order chi connectivity index (χ0) is 13.0. The number of aromatic nitrogens is 1. The number of oxazole rings is 1. The van der Waals surface area contributed by atoms with Crippen molar-refractivity contribution >= 4 is 6.01 Å². The van der Waals surface area contributed by atoms with Crippen LogP contribution < -0.4 is 10.2 Å². The number of nitrogens with zero attached hydrogens (tertiary/aromatic N) is 2. The summed E-state index contributed by atoms with van der Waals surface area (Å²) in [6, 6.07) is 0.796. The molecule has 2 heterocycles. The Balaban J connectivity index is 1.96. The zero-order valence-electron chi connectivity index (χ0n) is 11.8. The summed E-state index contributed by atoms with van der Waals surface area (Å²) < 4.78 is 5.58. The van der Waals surface area contributed by atoms with Gasteiger partial charge in [0.1, 0.15) is 6.26 Å². The van der Waals surface area contributed by atoms with E-state index in [-0.39, 0.29) is 0 Å². The van der Waals surface area contributed by atoms with Gasteiger partial charge in [-0.25, -0.2) is 0 Å². The average Bonchev–Trinajstić information content (AvgIpc) is 2.65. The van der Waals surface area contributed by atoms with Crippen molar-refractivity contribution in [2.75, 3.05) is 25.0 Å². The molecule has 4 nitrogen and oxygen atoms in total. The van der Waals surface area contributed by atoms with E-state index in [2.05, 4.69) is 29.0 Å². The van der Waals surface area contributed by atoms with E-state index in [0.717, 1.165) is 43.2 Å². The third-order valence-electron chi connectivity index (χ3n) is 3.88. The first-order valence-electron chi connectivity index (χ1n) is 7.04. The van der Waals surface area contributed by atoms with Gasteiger partial charge >= 0.3 is 0 Å². The summed E-state index contributed by atoms with van der Waals surface area (Å²) >= 11 is 0. The van der Waals surface area contributed by atoms with Crippen molar-refractivity contribution < 1.29 is 4.42 Å². The number of nitrogens with one attached hydrogen (secondary N) is 1. The quantitative estimate of drug-likeness (QED) is 0.893. The van der Waals surface area contributed by atoms with Crippen molar-refractivity contribution in [3.05, 3.63) is 12.0 Å². The second kappa shape index (κ2) is 6.23. The summed E-state index contributed by atoms with van der Waals surface area (Å²) in [7, 11) is 1.92. The van der Waals surface area contributed by atoms with Crippen LogP contribution in [0.1, 0.15) is 38.8 Å². The minimum absolute atomic E-state index is 0.770. The van der Waals surface area contributed by atoms with Gasteiger partial charge in [-0.1, -0.05) is 13.8 Å². The molecule has 1 unspecified atom stereocenters. The molecule has 0 bridgehead atoms. The maximum atomic E-state index is 5.58. The summed E-state index contributed by atoms with van der Waals surface area (Å²) in [5, 5.41) is 3.09. The first-order valence-corrected chi connectivity index (χ1v) is 7.04. The van der Waals surface area contributed by atoms with Crippen molar-refractivity contribution in [2.45, 2.75) is 39.7 Å². The van der Waals surface area contributed by atoms with Gasteiger partial charge in [0, 0.05) is 19.6 Å². The van der Waals surface area contributed by atoms with Gasteiger partial charge in [-0.2, -0.15) is 4.98 Å². The average molecular weight is 251 g/mol. The highest BCUT2D eigenvalue weighted by atomic mass is 16.4. The van der Waals surface area contributed by atoms with E-state index in [1.54, 1.807) is 6.26 Å². The van der Waals surface area contributed by atoms with Crippen LogP contribution in [-0.2, 0) is 6.54 Å². The van der Waals surface area contributed by atoms with Gasteiger partial charge in [0.25, 0.3) is 6.01 Å². The molecule has 1 saturated heterocycles. The normalized spacial score (nSPS) is 21.3. The van der Waals surface area contributed by atoms with Gasteiger partial charge in [-0.05, 0) is 38.1 Å². The minimum Gasteiger partial charge on any atom is -0.432 e. The van der Waals surface area contributed by atoms with Crippen molar-refractivity contribution in [3.8, 4) is 0 Å². The number of hydrogen-bond donors (Lipinski definition) is 1. The van der Waals surface area contributed by atoms with Crippen molar-refractivity contribution in [2.24, 2.45) is 11.8 Å². The Hall–Kier alpha value is -1.03. The monoisotopic (exact) mass is 251 g/mol. The zero-order valence-corrected chi connectivity index (χ0v) is 11.8. The van der Waals surface area contributed by atoms with Crippen LogP contribution in [0.5, 0.6) is 0 Å². The highest BCUT2D eigenvalue weighted by molar-refractivity contribution is 5.27. The molecule has 1 aromatic rings. The summed E-state index contributed by atoms with van der Waals surface area (Å²) in [4.78, 5) is 6.83. The van der Waals surface area contributed by atoms with Gasteiger partial charge in [0.2, 0.25) is 0 Å².